The van der Waals surface area contributed by atoms with Gasteiger partial charge in [-0.05, 0) is 53.9 Å². The van der Waals surface area contributed by atoms with E-state index in [1.807, 2.05) is 6.07 Å². The Hall–Kier alpha value is -1.62. The summed E-state index contributed by atoms with van der Waals surface area (Å²) in [6.45, 7) is 7.08. The van der Waals surface area contributed by atoms with Crippen LogP contribution >= 0.6 is 15.9 Å². The molecule has 0 unspecified atom stereocenters. The van der Waals surface area contributed by atoms with Crippen molar-refractivity contribution in [1.82, 2.24) is 9.97 Å². The van der Waals surface area contributed by atoms with E-state index in [2.05, 4.69) is 69.4 Å². The third-order valence-electron chi connectivity index (χ3n) is 3.02. The highest BCUT2D eigenvalue weighted by Crippen LogP contribution is 2.29. The minimum absolute atomic E-state index is 0.845. The van der Waals surface area contributed by atoms with Crippen LogP contribution in [-0.4, -0.2) is 16.5 Å². The molecule has 0 atom stereocenters. The molecule has 0 saturated carbocycles. The van der Waals surface area contributed by atoms with Gasteiger partial charge in [0.2, 0.25) is 0 Å². The van der Waals surface area contributed by atoms with Gasteiger partial charge in [-0.3, -0.25) is 0 Å². The first-order chi connectivity index (χ1) is 9.65. The summed E-state index contributed by atoms with van der Waals surface area (Å²) in [6.07, 6.45) is 2.45. The van der Waals surface area contributed by atoms with Gasteiger partial charge >= 0.3 is 0 Å². The van der Waals surface area contributed by atoms with Gasteiger partial charge in [0, 0.05) is 16.6 Å². The summed E-state index contributed by atoms with van der Waals surface area (Å²) >= 11 is 3.58. The van der Waals surface area contributed by atoms with Crippen molar-refractivity contribution < 1.29 is 0 Å². The van der Waals surface area contributed by atoms with Gasteiger partial charge in [0.25, 0.3) is 0 Å². The Morgan fingerprint density at radius 1 is 1.15 bits per heavy atom. The van der Waals surface area contributed by atoms with E-state index in [1.54, 1.807) is 6.33 Å². The number of hydrogen-bond acceptors (Lipinski definition) is 4. The van der Waals surface area contributed by atoms with Crippen LogP contribution in [0.1, 0.15) is 25.0 Å². The lowest BCUT2D eigenvalue weighted by atomic mass is 10.2. The first-order valence-electron chi connectivity index (χ1n) is 6.76. The zero-order chi connectivity index (χ0) is 14.5. The van der Waals surface area contributed by atoms with Gasteiger partial charge in [-0.25, -0.2) is 9.97 Å². The molecule has 1 aromatic carbocycles. The Kier molecular flexibility index (Phi) is 4.95. The summed E-state index contributed by atoms with van der Waals surface area (Å²) in [7, 11) is 0. The van der Waals surface area contributed by atoms with Gasteiger partial charge in [0.15, 0.2) is 0 Å². The molecule has 1 aromatic heterocycles. The van der Waals surface area contributed by atoms with E-state index in [-0.39, 0.29) is 0 Å². The molecule has 0 saturated heterocycles. The first kappa shape index (κ1) is 14.8. The second-order valence-electron chi connectivity index (χ2n) is 4.54. The topological polar surface area (TPSA) is 49.8 Å². The summed E-state index contributed by atoms with van der Waals surface area (Å²) in [4.78, 5) is 8.67. The van der Waals surface area contributed by atoms with Gasteiger partial charge in [0.05, 0.1) is 5.69 Å². The van der Waals surface area contributed by atoms with Gasteiger partial charge in [-0.15, -0.1) is 0 Å². The van der Waals surface area contributed by atoms with Gasteiger partial charge < -0.3 is 10.6 Å². The van der Waals surface area contributed by atoms with Crippen LogP contribution in [0.3, 0.4) is 0 Å². The average molecular weight is 335 g/mol. The van der Waals surface area contributed by atoms with Crippen molar-refractivity contribution in [2.75, 3.05) is 17.2 Å². The Morgan fingerprint density at radius 3 is 2.55 bits per heavy atom. The molecule has 4 nitrogen and oxygen atoms in total. The number of anilines is 3. The quantitative estimate of drug-likeness (QED) is 0.856. The van der Waals surface area contributed by atoms with Crippen LogP contribution in [0.2, 0.25) is 0 Å². The molecule has 0 spiro atoms. The molecular weight excluding hydrogens is 316 g/mol. The number of nitrogens with one attached hydrogen (secondary N) is 2. The largest absolute Gasteiger partial charge is 0.370 e. The Morgan fingerprint density at radius 2 is 1.90 bits per heavy atom. The molecule has 0 aliphatic carbocycles. The third kappa shape index (κ3) is 3.28. The minimum Gasteiger partial charge on any atom is -0.370 e. The maximum absolute atomic E-state index is 4.37. The fourth-order valence-electron chi connectivity index (χ4n) is 2.02. The predicted octanol–water partition coefficient (Wildman–Crippen LogP) is 4.29. The van der Waals surface area contributed by atoms with Crippen molar-refractivity contribution in [1.29, 1.82) is 0 Å². The summed E-state index contributed by atoms with van der Waals surface area (Å²) < 4.78 is 1.03. The van der Waals surface area contributed by atoms with Crippen molar-refractivity contribution in [2.45, 2.75) is 27.2 Å². The maximum Gasteiger partial charge on any atom is 0.139 e. The molecule has 106 valence electrons. The van der Waals surface area contributed by atoms with Crippen LogP contribution in [0, 0.1) is 6.92 Å². The Bertz CT molecular complexity index is 598. The monoisotopic (exact) mass is 334 g/mol. The first-order valence-corrected chi connectivity index (χ1v) is 7.55. The van der Waals surface area contributed by atoms with E-state index in [0.29, 0.717) is 0 Å². The molecule has 0 radical (unpaired) electrons. The fourth-order valence-corrected chi connectivity index (χ4v) is 2.62. The highest BCUT2D eigenvalue weighted by Gasteiger charge is 2.10. The van der Waals surface area contributed by atoms with E-state index in [4.69, 9.17) is 0 Å². The summed E-state index contributed by atoms with van der Waals surface area (Å²) in [5, 5.41) is 6.65. The van der Waals surface area contributed by atoms with Crippen LogP contribution in [0.5, 0.6) is 0 Å². The molecule has 0 bridgehead atoms. The minimum atomic E-state index is 0.845. The van der Waals surface area contributed by atoms with Crippen molar-refractivity contribution in [3.63, 3.8) is 0 Å². The number of aromatic nitrogens is 2. The number of rotatable bonds is 5. The number of hydrogen-bond donors (Lipinski definition) is 2. The molecule has 0 amide bonds. The van der Waals surface area contributed by atoms with Crippen LogP contribution in [0.4, 0.5) is 17.3 Å². The van der Waals surface area contributed by atoms with Crippen LogP contribution in [-0.2, 0) is 6.42 Å². The van der Waals surface area contributed by atoms with E-state index >= 15 is 0 Å². The fraction of sp³-hybridized carbons (Fsp3) is 0.333. The molecule has 5 heteroatoms. The SMILES string of the molecule is CCNc1ncnc(Nc2ccc(C)cc2Br)c1CC. The van der Waals surface area contributed by atoms with Gasteiger partial charge in [-0.2, -0.15) is 0 Å². The Labute approximate surface area is 128 Å². The van der Waals surface area contributed by atoms with Crippen LogP contribution in [0.15, 0.2) is 29.0 Å². The Balaban J connectivity index is 2.35. The maximum atomic E-state index is 4.37. The lowest BCUT2D eigenvalue weighted by molar-refractivity contribution is 1.03. The average Bonchev–Trinajstić information content (AvgIpc) is 2.42. The molecular formula is C15H19BrN4. The molecule has 20 heavy (non-hydrogen) atoms. The summed E-state index contributed by atoms with van der Waals surface area (Å²) in [5.41, 5.74) is 3.32. The molecule has 2 aromatic rings. The third-order valence-corrected chi connectivity index (χ3v) is 3.68. The van der Waals surface area contributed by atoms with Crippen molar-refractivity contribution in [3.8, 4) is 0 Å². The van der Waals surface area contributed by atoms with E-state index in [1.165, 1.54) is 5.56 Å². The van der Waals surface area contributed by atoms with Gasteiger partial charge in [-0.1, -0.05) is 13.0 Å². The highest BCUT2D eigenvalue weighted by molar-refractivity contribution is 9.10. The van der Waals surface area contributed by atoms with Gasteiger partial charge in [0.1, 0.15) is 18.0 Å². The lowest BCUT2D eigenvalue weighted by Crippen LogP contribution is -2.07. The zero-order valence-corrected chi connectivity index (χ0v) is 13.6. The summed E-state index contributed by atoms with van der Waals surface area (Å²) in [6, 6.07) is 6.21. The highest BCUT2D eigenvalue weighted by atomic mass is 79.9. The summed E-state index contributed by atoms with van der Waals surface area (Å²) in [5.74, 6) is 1.75. The van der Waals surface area contributed by atoms with Crippen molar-refractivity contribution in [3.05, 3.63) is 40.1 Å². The molecule has 2 rings (SSSR count). The van der Waals surface area contributed by atoms with Crippen LogP contribution in [0.25, 0.3) is 0 Å². The lowest BCUT2D eigenvalue weighted by Gasteiger charge is -2.14. The second kappa shape index (κ2) is 6.70. The second-order valence-corrected chi connectivity index (χ2v) is 5.40. The number of nitrogens with zero attached hydrogens (tertiary/aromatic N) is 2. The number of aryl methyl sites for hydroxylation is 1. The number of benzene rings is 1. The molecule has 0 aliphatic rings. The molecule has 1 heterocycles. The predicted molar refractivity (Wildman–Crippen MR) is 87.7 cm³/mol. The van der Waals surface area contributed by atoms with Crippen molar-refractivity contribution in [2.24, 2.45) is 0 Å². The molecule has 0 fully saturated rings. The zero-order valence-electron chi connectivity index (χ0n) is 12.0. The van der Waals surface area contributed by atoms with E-state index < -0.39 is 0 Å². The molecule has 2 N–H and O–H groups in total. The standard InChI is InChI=1S/C15H19BrN4/c1-4-11-14(17-5-2)18-9-19-15(11)20-13-7-6-10(3)8-12(13)16/h6-9H,4-5H2,1-3H3,(H2,17,18,19,20). The molecule has 0 aliphatic heterocycles. The smallest absolute Gasteiger partial charge is 0.139 e. The van der Waals surface area contributed by atoms with Crippen LogP contribution < -0.4 is 10.6 Å². The van der Waals surface area contributed by atoms with E-state index in [0.717, 1.165) is 40.3 Å². The number of halogens is 1. The van der Waals surface area contributed by atoms with E-state index in [9.17, 15) is 0 Å². The van der Waals surface area contributed by atoms with Crippen molar-refractivity contribution >= 4 is 33.3 Å². The normalized spacial score (nSPS) is 10.4.